The summed E-state index contributed by atoms with van der Waals surface area (Å²) in [5.74, 6) is -0.0774. The van der Waals surface area contributed by atoms with E-state index in [0.717, 1.165) is 44.0 Å². The average molecular weight is 448 g/mol. The molecule has 172 valence electrons. The van der Waals surface area contributed by atoms with E-state index in [0.29, 0.717) is 25.2 Å². The Hall–Kier alpha value is -2.81. The third-order valence-corrected chi connectivity index (χ3v) is 6.14. The van der Waals surface area contributed by atoms with Crippen LogP contribution in [0.2, 0.25) is 0 Å². The Bertz CT molecular complexity index is 926. The number of hydrogen-bond donors (Lipinski definition) is 1. The summed E-state index contributed by atoms with van der Waals surface area (Å²) >= 11 is 0. The number of nitrogens with one attached hydrogen (secondary N) is 1. The summed E-state index contributed by atoms with van der Waals surface area (Å²) < 4.78 is 38.8. The second-order valence-corrected chi connectivity index (χ2v) is 8.56. The number of anilines is 2. The number of rotatable bonds is 5. The molecule has 2 aromatic rings. The van der Waals surface area contributed by atoms with Crippen molar-refractivity contribution in [3.8, 4) is 0 Å². The maximum atomic E-state index is 12.9. The highest BCUT2D eigenvalue weighted by Gasteiger charge is 2.32. The summed E-state index contributed by atoms with van der Waals surface area (Å²) in [5, 5.41) is 3.02. The van der Waals surface area contributed by atoms with Gasteiger partial charge < -0.3 is 20.0 Å². The lowest BCUT2D eigenvalue weighted by atomic mass is 10.1. The zero-order valence-corrected chi connectivity index (χ0v) is 18.1. The minimum Gasteiger partial charge on any atom is -0.369 e. The molecule has 1 atom stereocenters. The zero-order valence-electron chi connectivity index (χ0n) is 18.1. The number of likely N-dealkylation sites (N-methyl/N-ethyl adjacent to an activating group) is 1. The SMILES string of the molecule is CN1CCN(c2ccc(CC(=O)NC3CCN(c4cncc(C(F)(F)F)c4)C3)cc2)CC1. The van der Waals surface area contributed by atoms with Crippen molar-refractivity contribution in [1.29, 1.82) is 0 Å². The van der Waals surface area contributed by atoms with Crippen LogP contribution < -0.4 is 15.1 Å². The van der Waals surface area contributed by atoms with Gasteiger partial charge in [0.05, 0.1) is 23.9 Å². The van der Waals surface area contributed by atoms with Gasteiger partial charge in [-0.3, -0.25) is 9.78 Å². The van der Waals surface area contributed by atoms with Crippen LogP contribution in [-0.2, 0) is 17.4 Å². The molecule has 9 heteroatoms. The van der Waals surface area contributed by atoms with E-state index in [4.69, 9.17) is 0 Å². The van der Waals surface area contributed by atoms with E-state index in [1.165, 1.54) is 11.9 Å². The number of pyridine rings is 1. The fourth-order valence-electron chi connectivity index (χ4n) is 4.22. The average Bonchev–Trinajstić information content (AvgIpc) is 3.23. The fraction of sp³-hybridized carbons (Fsp3) is 0.478. The maximum Gasteiger partial charge on any atom is 0.417 e. The smallest absolute Gasteiger partial charge is 0.369 e. The van der Waals surface area contributed by atoms with E-state index in [2.05, 4.69) is 39.3 Å². The number of alkyl halides is 3. The quantitative estimate of drug-likeness (QED) is 0.764. The normalized spacial score (nSPS) is 19.9. The minimum absolute atomic E-state index is 0.0774. The Labute approximate surface area is 186 Å². The lowest BCUT2D eigenvalue weighted by Crippen LogP contribution is -2.44. The molecule has 0 bridgehead atoms. The van der Waals surface area contributed by atoms with E-state index in [1.807, 2.05) is 17.0 Å². The highest BCUT2D eigenvalue weighted by molar-refractivity contribution is 5.79. The topological polar surface area (TPSA) is 51.7 Å². The van der Waals surface area contributed by atoms with E-state index < -0.39 is 11.7 Å². The molecule has 32 heavy (non-hydrogen) atoms. The van der Waals surface area contributed by atoms with Crippen molar-refractivity contribution in [2.45, 2.75) is 25.1 Å². The summed E-state index contributed by atoms with van der Waals surface area (Å²) in [6, 6.07) is 9.11. The molecule has 3 heterocycles. The predicted octanol–water partition coefficient (Wildman–Crippen LogP) is 2.79. The summed E-state index contributed by atoms with van der Waals surface area (Å²) in [7, 11) is 2.12. The van der Waals surface area contributed by atoms with E-state index in [-0.39, 0.29) is 18.4 Å². The summed E-state index contributed by atoms with van der Waals surface area (Å²) in [6.45, 7) is 5.12. The first-order chi connectivity index (χ1) is 15.3. The van der Waals surface area contributed by atoms with E-state index in [9.17, 15) is 18.0 Å². The molecule has 0 radical (unpaired) electrons. The van der Waals surface area contributed by atoms with Crippen molar-refractivity contribution in [3.63, 3.8) is 0 Å². The van der Waals surface area contributed by atoms with Gasteiger partial charge in [-0.25, -0.2) is 0 Å². The lowest BCUT2D eigenvalue weighted by Gasteiger charge is -2.34. The Balaban J connectivity index is 1.28. The predicted molar refractivity (Wildman–Crippen MR) is 118 cm³/mol. The Morgan fingerprint density at radius 3 is 2.44 bits per heavy atom. The lowest BCUT2D eigenvalue weighted by molar-refractivity contribution is -0.137. The number of hydrogen-bond acceptors (Lipinski definition) is 5. The van der Waals surface area contributed by atoms with E-state index >= 15 is 0 Å². The number of amides is 1. The van der Waals surface area contributed by atoms with Gasteiger partial charge in [-0.05, 0) is 37.2 Å². The highest BCUT2D eigenvalue weighted by atomic mass is 19.4. The van der Waals surface area contributed by atoms with Gasteiger partial charge in [0.2, 0.25) is 5.91 Å². The number of carbonyl (C=O) groups is 1. The second kappa shape index (κ2) is 9.36. The van der Waals surface area contributed by atoms with Gasteiger partial charge in [-0.2, -0.15) is 13.2 Å². The summed E-state index contributed by atoms with van der Waals surface area (Å²) in [6.07, 6.45) is -1.19. The van der Waals surface area contributed by atoms with Crippen LogP contribution >= 0.6 is 0 Å². The van der Waals surface area contributed by atoms with Crippen LogP contribution in [0.15, 0.2) is 42.7 Å². The largest absolute Gasteiger partial charge is 0.417 e. The maximum absolute atomic E-state index is 12.9. The monoisotopic (exact) mass is 447 g/mol. The molecule has 1 aromatic carbocycles. The first kappa shape index (κ1) is 22.4. The Morgan fingerprint density at radius 2 is 1.75 bits per heavy atom. The van der Waals surface area contributed by atoms with Gasteiger partial charge in [-0.15, -0.1) is 0 Å². The van der Waals surface area contributed by atoms with Crippen LogP contribution in [0, 0.1) is 0 Å². The van der Waals surface area contributed by atoms with Gasteiger partial charge in [0.15, 0.2) is 0 Å². The molecule has 1 N–H and O–H groups in total. The molecule has 4 rings (SSSR count). The van der Waals surface area contributed by atoms with Crippen molar-refractivity contribution in [2.75, 3.05) is 56.1 Å². The number of benzene rings is 1. The standard InChI is InChI=1S/C23H28F3N5O/c1-29-8-10-30(11-9-29)20-4-2-17(3-5-20)12-22(32)28-19-6-7-31(16-19)21-13-18(14-27-15-21)23(24,25)26/h2-5,13-15,19H,6-12,16H2,1H3,(H,28,32). The summed E-state index contributed by atoms with van der Waals surface area (Å²) in [5.41, 5.74) is 1.78. The molecule has 0 aliphatic carbocycles. The zero-order chi connectivity index (χ0) is 22.7. The number of piperazine rings is 1. The van der Waals surface area contributed by atoms with Gasteiger partial charge in [0.1, 0.15) is 0 Å². The van der Waals surface area contributed by atoms with Crippen molar-refractivity contribution >= 4 is 17.3 Å². The molecular weight excluding hydrogens is 419 g/mol. The van der Waals surface area contributed by atoms with Crippen LogP contribution in [-0.4, -0.2) is 68.1 Å². The first-order valence-corrected chi connectivity index (χ1v) is 10.9. The van der Waals surface area contributed by atoms with Gasteiger partial charge in [0.25, 0.3) is 0 Å². The number of aromatic nitrogens is 1. The van der Waals surface area contributed by atoms with Crippen LogP contribution in [0.25, 0.3) is 0 Å². The molecule has 6 nitrogen and oxygen atoms in total. The molecule has 1 unspecified atom stereocenters. The molecule has 1 aromatic heterocycles. The van der Waals surface area contributed by atoms with Crippen LogP contribution in [0.5, 0.6) is 0 Å². The van der Waals surface area contributed by atoms with Crippen molar-refractivity contribution in [2.24, 2.45) is 0 Å². The third-order valence-electron chi connectivity index (χ3n) is 6.14. The summed E-state index contributed by atoms with van der Waals surface area (Å²) in [4.78, 5) is 22.7. The molecule has 1 amide bonds. The van der Waals surface area contributed by atoms with Crippen molar-refractivity contribution < 1.29 is 18.0 Å². The third kappa shape index (κ3) is 5.51. The second-order valence-electron chi connectivity index (χ2n) is 8.56. The van der Waals surface area contributed by atoms with Crippen LogP contribution in [0.1, 0.15) is 17.5 Å². The van der Waals surface area contributed by atoms with E-state index in [1.54, 1.807) is 0 Å². The fourth-order valence-corrected chi connectivity index (χ4v) is 4.22. The van der Waals surface area contributed by atoms with Crippen molar-refractivity contribution in [1.82, 2.24) is 15.2 Å². The molecule has 0 saturated carbocycles. The van der Waals surface area contributed by atoms with Crippen molar-refractivity contribution in [3.05, 3.63) is 53.9 Å². The Morgan fingerprint density at radius 1 is 1.03 bits per heavy atom. The number of carbonyl (C=O) groups excluding carboxylic acids is 1. The van der Waals surface area contributed by atoms with Crippen LogP contribution in [0.3, 0.4) is 0 Å². The highest BCUT2D eigenvalue weighted by Crippen LogP contribution is 2.31. The molecule has 2 fully saturated rings. The van der Waals surface area contributed by atoms with Gasteiger partial charge >= 0.3 is 6.18 Å². The Kier molecular flexibility index (Phi) is 6.55. The first-order valence-electron chi connectivity index (χ1n) is 10.9. The minimum atomic E-state index is -4.42. The molecule has 2 saturated heterocycles. The van der Waals surface area contributed by atoms with Gasteiger partial charge in [-0.1, -0.05) is 12.1 Å². The molecule has 2 aliphatic heterocycles. The molecule has 2 aliphatic rings. The van der Waals surface area contributed by atoms with Crippen LogP contribution in [0.4, 0.5) is 24.5 Å². The molecular formula is C23H28F3N5O. The number of nitrogens with zero attached hydrogens (tertiary/aromatic N) is 4. The number of halogens is 3. The van der Waals surface area contributed by atoms with Gasteiger partial charge in [0, 0.05) is 57.2 Å². The molecule has 0 spiro atoms.